The van der Waals surface area contributed by atoms with Crippen molar-refractivity contribution in [2.75, 3.05) is 11.9 Å². The summed E-state index contributed by atoms with van der Waals surface area (Å²) < 4.78 is 0. The first-order valence-corrected chi connectivity index (χ1v) is 7.46. The number of benzene rings is 2. The number of hydrogen-bond donors (Lipinski definition) is 2. The summed E-state index contributed by atoms with van der Waals surface area (Å²) in [5, 5.41) is 6.98. The van der Waals surface area contributed by atoms with Crippen molar-refractivity contribution in [2.24, 2.45) is 0 Å². The molecule has 0 saturated carbocycles. The van der Waals surface area contributed by atoms with Crippen molar-refractivity contribution in [1.29, 1.82) is 0 Å². The van der Waals surface area contributed by atoms with Gasteiger partial charge in [0.2, 0.25) is 5.91 Å². The van der Waals surface area contributed by atoms with Crippen LogP contribution in [0.15, 0.2) is 42.5 Å². The molecule has 0 bridgehead atoms. The minimum Gasteiger partial charge on any atom is -0.323 e. The summed E-state index contributed by atoms with van der Waals surface area (Å²) in [5.41, 5.74) is 2.67. The van der Waals surface area contributed by atoms with Crippen molar-refractivity contribution in [3.05, 3.63) is 63.6 Å². The molecule has 0 spiro atoms. The molecular weight excluding hydrogens is 307 g/mol. The molecule has 2 aromatic carbocycles. The summed E-state index contributed by atoms with van der Waals surface area (Å²) in [7, 11) is 0. The van der Waals surface area contributed by atoms with Crippen LogP contribution >= 0.6 is 23.2 Å². The predicted octanol–water partition coefficient (Wildman–Crippen LogP) is 3.82. The molecule has 1 amide bonds. The van der Waals surface area contributed by atoms with E-state index in [9.17, 15) is 4.79 Å². The van der Waals surface area contributed by atoms with Crippen molar-refractivity contribution in [1.82, 2.24) is 5.32 Å². The second-order valence-electron chi connectivity index (χ2n) is 4.97. The van der Waals surface area contributed by atoms with Gasteiger partial charge in [-0.2, -0.15) is 0 Å². The van der Waals surface area contributed by atoms with Crippen molar-refractivity contribution in [3.63, 3.8) is 0 Å². The molecule has 0 aliphatic carbocycles. The van der Waals surface area contributed by atoms with E-state index in [0.29, 0.717) is 22.3 Å². The molecule has 1 aliphatic heterocycles. The monoisotopic (exact) mass is 320 g/mol. The Morgan fingerprint density at radius 1 is 1.10 bits per heavy atom. The molecule has 2 N–H and O–H groups in total. The van der Waals surface area contributed by atoms with Crippen LogP contribution in [0.1, 0.15) is 17.0 Å². The largest absolute Gasteiger partial charge is 0.323 e. The van der Waals surface area contributed by atoms with E-state index in [1.807, 2.05) is 24.3 Å². The summed E-state index contributed by atoms with van der Waals surface area (Å²) >= 11 is 12.2. The van der Waals surface area contributed by atoms with Gasteiger partial charge in [0.15, 0.2) is 0 Å². The number of halogens is 2. The second kappa shape index (κ2) is 6.06. The summed E-state index contributed by atoms with van der Waals surface area (Å²) in [5.74, 6) is -0.355. The lowest BCUT2D eigenvalue weighted by molar-refractivity contribution is -0.117. The topological polar surface area (TPSA) is 41.1 Å². The van der Waals surface area contributed by atoms with Gasteiger partial charge in [0, 0.05) is 13.1 Å². The van der Waals surface area contributed by atoms with Crippen LogP contribution in [0.4, 0.5) is 5.69 Å². The van der Waals surface area contributed by atoms with Gasteiger partial charge in [-0.05, 0) is 23.3 Å². The number of rotatable bonds is 2. The first-order chi connectivity index (χ1) is 10.2. The fourth-order valence-electron chi connectivity index (χ4n) is 2.56. The highest BCUT2D eigenvalue weighted by molar-refractivity contribution is 6.39. The van der Waals surface area contributed by atoms with Crippen LogP contribution in [0.2, 0.25) is 10.0 Å². The standard InChI is InChI=1S/C16H14Cl2N2O/c17-13-6-3-7-14(18)15(13)20-16(21)12-9-19-8-10-4-1-2-5-11(10)12/h1-7,12,19H,8-9H2,(H,20,21). The minimum absolute atomic E-state index is 0.107. The Morgan fingerprint density at radius 3 is 2.57 bits per heavy atom. The highest BCUT2D eigenvalue weighted by Gasteiger charge is 2.26. The molecular formula is C16H14Cl2N2O. The number of nitrogens with one attached hydrogen (secondary N) is 2. The summed E-state index contributed by atoms with van der Waals surface area (Å²) in [6, 6.07) is 13.1. The van der Waals surface area contributed by atoms with E-state index in [1.54, 1.807) is 18.2 Å². The molecule has 2 aromatic rings. The van der Waals surface area contributed by atoms with Crippen LogP contribution in [0.5, 0.6) is 0 Å². The molecule has 1 aliphatic rings. The smallest absolute Gasteiger partial charge is 0.233 e. The SMILES string of the molecule is O=C(Nc1c(Cl)cccc1Cl)C1CNCc2ccccc21. The molecule has 1 heterocycles. The van der Waals surface area contributed by atoms with Gasteiger partial charge in [-0.15, -0.1) is 0 Å². The molecule has 21 heavy (non-hydrogen) atoms. The van der Waals surface area contributed by atoms with Gasteiger partial charge in [-0.3, -0.25) is 4.79 Å². The van der Waals surface area contributed by atoms with Crippen LogP contribution in [-0.4, -0.2) is 12.5 Å². The maximum absolute atomic E-state index is 12.6. The van der Waals surface area contributed by atoms with Crippen LogP contribution < -0.4 is 10.6 Å². The van der Waals surface area contributed by atoms with Gasteiger partial charge in [0.05, 0.1) is 21.7 Å². The predicted molar refractivity (Wildman–Crippen MR) is 86.0 cm³/mol. The lowest BCUT2D eigenvalue weighted by Gasteiger charge is -2.25. The van der Waals surface area contributed by atoms with Crippen LogP contribution in [0.25, 0.3) is 0 Å². The molecule has 3 nitrogen and oxygen atoms in total. The van der Waals surface area contributed by atoms with Crippen LogP contribution in [0.3, 0.4) is 0 Å². The fourth-order valence-corrected chi connectivity index (χ4v) is 3.05. The number of amides is 1. The first-order valence-electron chi connectivity index (χ1n) is 6.70. The van der Waals surface area contributed by atoms with Crippen molar-refractivity contribution in [3.8, 4) is 0 Å². The zero-order valence-corrected chi connectivity index (χ0v) is 12.7. The third-order valence-corrected chi connectivity index (χ3v) is 4.25. The Kier molecular flexibility index (Phi) is 4.15. The Labute approximate surface area is 133 Å². The lowest BCUT2D eigenvalue weighted by atomic mass is 9.90. The minimum atomic E-state index is -0.248. The van der Waals surface area contributed by atoms with E-state index in [2.05, 4.69) is 10.6 Å². The van der Waals surface area contributed by atoms with E-state index in [1.165, 1.54) is 0 Å². The number of hydrogen-bond acceptors (Lipinski definition) is 2. The molecule has 3 rings (SSSR count). The van der Waals surface area contributed by atoms with Crippen molar-refractivity contribution >= 4 is 34.8 Å². The maximum atomic E-state index is 12.6. The Morgan fingerprint density at radius 2 is 1.81 bits per heavy atom. The van der Waals surface area contributed by atoms with E-state index in [0.717, 1.165) is 17.7 Å². The lowest BCUT2D eigenvalue weighted by Crippen LogP contribution is -2.35. The van der Waals surface area contributed by atoms with Crippen LogP contribution in [-0.2, 0) is 11.3 Å². The molecule has 1 atom stereocenters. The third kappa shape index (κ3) is 2.91. The van der Waals surface area contributed by atoms with E-state index in [-0.39, 0.29) is 11.8 Å². The number of carbonyl (C=O) groups is 1. The van der Waals surface area contributed by atoms with Gasteiger partial charge in [-0.25, -0.2) is 0 Å². The average molecular weight is 321 g/mol. The van der Waals surface area contributed by atoms with Crippen LogP contribution in [0, 0.1) is 0 Å². The molecule has 0 aromatic heterocycles. The van der Waals surface area contributed by atoms with Gasteiger partial charge >= 0.3 is 0 Å². The average Bonchev–Trinajstić information content (AvgIpc) is 2.50. The molecule has 0 radical (unpaired) electrons. The Balaban J connectivity index is 1.87. The van der Waals surface area contributed by atoms with E-state index in [4.69, 9.17) is 23.2 Å². The van der Waals surface area contributed by atoms with E-state index >= 15 is 0 Å². The maximum Gasteiger partial charge on any atom is 0.233 e. The molecule has 108 valence electrons. The number of carbonyl (C=O) groups excluding carboxylic acids is 1. The fraction of sp³-hybridized carbons (Fsp3) is 0.188. The first kappa shape index (κ1) is 14.4. The quantitative estimate of drug-likeness (QED) is 0.883. The zero-order valence-electron chi connectivity index (χ0n) is 11.2. The molecule has 0 saturated heterocycles. The molecule has 0 fully saturated rings. The van der Waals surface area contributed by atoms with E-state index < -0.39 is 0 Å². The van der Waals surface area contributed by atoms with Gasteiger partial charge in [0.1, 0.15) is 0 Å². The summed E-state index contributed by atoms with van der Waals surface area (Å²) in [6.45, 7) is 1.39. The number of fused-ring (bicyclic) bond motifs is 1. The number of para-hydroxylation sites is 1. The normalized spacial score (nSPS) is 17.1. The Hall–Kier alpha value is -1.55. The van der Waals surface area contributed by atoms with Gasteiger partial charge < -0.3 is 10.6 Å². The Bertz CT molecular complexity index is 667. The van der Waals surface area contributed by atoms with Crippen molar-refractivity contribution in [2.45, 2.75) is 12.5 Å². The van der Waals surface area contributed by atoms with Gasteiger partial charge in [0.25, 0.3) is 0 Å². The molecule has 5 heteroatoms. The second-order valence-corrected chi connectivity index (χ2v) is 5.78. The summed E-state index contributed by atoms with van der Waals surface area (Å²) in [6.07, 6.45) is 0. The zero-order chi connectivity index (χ0) is 14.8. The summed E-state index contributed by atoms with van der Waals surface area (Å²) in [4.78, 5) is 12.6. The number of anilines is 1. The highest BCUT2D eigenvalue weighted by atomic mass is 35.5. The molecule has 1 unspecified atom stereocenters. The highest BCUT2D eigenvalue weighted by Crippen LogP contribution is 2.32. The van der Waals surface area contributed by atoms with Gasteiger partial charge in [-0.1, -0.05) is 53.5 Å². The third-order valence-electron chi connectivity index (χ3n) is 3.62. The van der Waals surface area contributed by atoms with Crippen molar-refractivity contribution < 1.29 is 4.79 Å².